The number of hydrogen-bond donors (Lipinski definition) is 1. The molecular weight excluding hydrogens is 208 g/mol. The molecule has 1 saturated heterocycles. The summed E-state index contributed by atoms with van der Waals surface area (Å²) in [6.07, 6.45) is 6.01. The van der Waals surface area contributed by atoms with Gasteiger partial charge in [0.15, 0.2) is 5.78 Å². The lowest BCUT2D eigenvalue weighted by molar-refractivity contribution is -0.140. The number of aliphatic hydroxyl groups excluding tert-OH is 1. The van der Waals surface area contributed by atoms with Crippen LogP contribution in [0.1, 0.15) is 25.7 Å². The predicted molar refractivity (Wildman–Crippen MR) is 58.1 cm³/mol. The van der Waals surface area contributed by atoms with Crippen LogP contribution in [-0.2, 0) is 14.3 Å². The summed E-state index contributed by atoms with van der Waals surface area (Å²) in [6, 6.07) is 0. The first-order chi connectivity index (χ1) is 7.81. The van der Waals surface area contributed by atoms with E-state index in [2.05, 4.69) is 0 Å². The molecule has 2 heterocycles. The van der Waals surface area contributed by atoms with Gasteiger partial charge in [0.2, 0.25) is 0 Å². The molecule has 16 heavy (non-hydrogen) atoms. The van der Waals surface area contributed by atoms with Crippen molar-refractivity contribution >= 4 is 5.78 Å². The van der Waals surface area contributed by atoms with Gasteiger partial charge in [-0.2, -0.15) is 0 Å². The topological polar surface area (TPSA) is 55.8 Å². The summed E-state index contributed by atoms with van der Waals surface area (Å²) < 4.78 is 11.3. The summed E-state index contributed by atoms with van der Waals surface area (Å²) in [6.45, 7) is 0.839. The van der Waals surface area contributed by atoms with Crippen molar-refractivity contribution in [2.24, 2.45) is 0 Å². The van der Waals surface area contributed by atoms with E-state index in [1.165, 1.54) is 0 Å². The minimum Gasteiger partial charge on any atom is -0.396 e. The standard InChI is InChI=1S/C12H18O4/c13-7-1-3-10-9(14)5-6-11-12(16-10)4-2-8-15-11/h5-6,10-13H,1-4,7-8H2/t10-,11-,12+/m1/s1. The summed E-state index contributed by atoms with van der Waals surface area (Å²) in [4.78, 5) is 11.7. The van der Waals surface area contributed by atoms with Crippen molar-refractivity contribution in [2.75, 3.05) is 13.2 Å². The molecule has 0 bridgehead atoms. The van der Waals surface area contributed by atoms with Gasteiger partial charge in [0, 0.05) is 13.2 Å². The number of carbonyl (C=O) groups excluding carboxylic acids is 1. The Balaban J connectivity index is 2.00. The molecule has 2 aliphatic heterocycles. The van der Waals surface area contributed by atoms with Gasteiger partial charge in [-0.1, -0.05) is 0 Å². The molecule has 0 unspecified atom stereocenters. The molecule has 0 saturated carbocycles. The van der Waals surface area contributed by atoms with Crippen molar-refractivity contribution in [3.63, 3.8) is 0 Å². The number of aliphatic hydroxyl groups is 1. The first kappa shape index (κ1) is 11.8. The van der Waals surface area contributed by atoms with E-state index >= 15 is 0 Å². The van der Waals surface area contributed by atoms with E-state index in [0.717, 1.165) is 19.4 Å². The van der Waals surface area contributed by atoms with E-state index in [9.17, 15) is 4.79 Å². The smallest absolute Gasteiger partial charge is 0.184 e. The predicted octanol–water partition coefficient (Wildman–Crippen LogP) is 0.831. The molecule has 0 radical (unpaired) electrons. The van der Waals surface area contributed by atoms with Crippen LogP contribution in [0.15, 0.2) is 12.2 Å². The summed E-state index contributed by atoms with van der Waals surface area (Å²) in [5.74, 6) is -0.00792. The Morgan fingerprint density at radius 2 is 2.38 bits per heavy atom. The Morgan fingerprint density at radius 3 is 3.19 bits per heavy atom. The fraction of sp³-hybridized carbons (Fsp3) is 0.750. The summed E-state index contributed by atoms with van der Waals surface area (Å²) in [7, 11) is 0. The van der Waals surface area contributed by atoms with Crippen LogP contribution in [0.25, 0.3) is 0 Å². The second-order valence-corrected chi connectivity index (χ2v) is 4.27. The average molecular weight is 226 g/mol. The van der Waals surface area contributed by atoms with Gasteiger partial charge in [0.05, 0.1) is 6.10 Å². The van der Waals surface area contributed by atoms with E-state index < -0.39 is 6.10 Å². The molecular formula is C12H18O4. The first-order valence-electron chi connectivity index (χ1n) is 5.91. The maximum Gasteiger partial charge on any atom is 0.184 e. The molecule has 2 rings (SSSR count). The van der Waals surface area contributed by atoms with E-state index in [1.54, 1.807) is 6.08 Å². The number of ketones is 1. The third-order valence-corrected chi connectivity index (χ3v) is 3.04. The van der Waals surface area contributed by atoms with Crippen LogP contribution in [0, 0.1) is 0 Å². The molecule has 3 atom stereocenters. The maximum absolute atomic E-state index is 11.7. The molecule has 0 spiro atoms. The summed E-state index contributed by atoms with van der Waals surface area (Å²) in [5.41, 5.74) is 0. The highest BCUT2D eigenvalue weighted by molar-refractivity contribution is 5.93. The Bertz CT molecular complexity index is 274. The average Bonchev–Trinajstić information content (AvgIpc) is 2.47. The maximum atomic E-state index is 11.7. The van der Waals surface area contributed by atoms with Gasteiger partial charge >= 0.3 is 0 Å². The van der Waals surface area contributed by atoms with E-state index in [0.29, 0.717) is 12.8 Å². The molecule has 4 nitrogen and oxygen atoms in total. The molecule has 1 fully saturated rings. The molecule has 0 aliphatic carbocycles. The second-order valence-electron chi connectivity index (χ2n) is 4.27. The van der Waals surface area contributed by atoms with Crippen molar-refractivity contribution in [1.29, 1.82) is 0 Å². The fourth-order valence-electron chi connectivity index (χ4n) is 2.16. The minimum atomic E-state index is -0.403. The van der Waals surface area contributed by atoms with Crippen LogP contribution in [0.2, 0.25) is 0 Å². The fourth-order valence-corrected chi connectivity index (χ4v) is 2.16. The quantitative estimate of drug-likeness (QED) is 0.774. The number of carbonyl (C=O) groups is 1. The number of fused-ring (bicyclic) bond motifs is 1. The van der Waals surface area contributed by atoms with Crippen LogP contribution in [0.5, 0.6) is 0 Å². The van der Waals surface area contributed by atoms with Crippen molar-refractivity contribution < 1.29 is 19.4 Å². The summed E-state index contributed by atoms with van der Waals surface area (Å²) in [5, 5.41) is 8.78. The van der Waals surface area contributed by atoms with E-state index in [4.69, 9.17) is 14.6 Å². The number of hydrogen-bond acceptors (Lipinski definition) is 4. The van der Waals surface area contributed by atoms with Gasteiger partial charge < -0.3 is 14.6 Å². The molecule has 0 aromatic rings. The highest BCUT2D eigenvalue weighted by Crippen LogP contribution is 2.24. The highest BCUT2D eigenvalue weighted by atomic mass is 16.6. The normalized spacial score (nSPS) is 34.6. The Kier molecular flexibility index (Phi) is 4.09. The SMILES string of the molecule is O=C1C=C[C@H]2OCCC[C@@H]2O[C@@H]1CCCO. The molecule has 2 aliphatic rings. The molecule has 0 aromatic heterocycles. The Hall–Kier alpha value is -0.710. The van der Waals surface area contributed by atoms with Crippen molar-refractivity contribution in [1.82, 2.24) is 0 Å². The monoisotopic (exact) mass is 226 g/mol. The van der Waals surface area contributed by atoms with Crippen LogP contribution >= 0.6 is 0 Å². The van der Waals surface area contributed by atoms with Crippen LogP contribution in [0.3, 0.4) is 0 Å². The van der Waals surface area contributed by atoms with Gasteiger partial charge in [-0.15, -0.1) is 0 Å². The number of rotatable bonds is 3. The lowest BCUT2D eigenvalue weighted by Crippen LogP contribution is -2.37. The Morgan fingerprint density at radius 1 is 1.50 bits per heavy atom. The zero-order chi connectivity index (χ0) is 11.4. The zero-order valence-electron chi connectivity index (χ0n) is 9.30. The van der Waals surface area contributed by atoms with Gasteiger partial charge in [-0.3, -0.25) is 4.79 Å². The third-order valence-electron chi connectivity index (χ3n) is 3.04. The van der Waals surface area contributed by atoms with Crippen molar-refractivity contribution in [3.8, 4) is 0 Å². The van der Waals surface area contributed by atoms with Crippen molar-refractivity contribution in [2.45, 2.75) is 44.0 Å². The number of ether oxygens (including phenoxy) is 2. The lowest BCUT2D eigenvalue weighted by Gasteiger charge is -2.30. The molecule has 0 aromatic carbocycles. The van der Waals surface area contributed by atoms with Crippen LogP contribution < -0.4 is 0 Å². The Labute approximate surface area is 95.2 Å². The van der Waals surface area contributed by atoms with Gasteiger partial charge in [-0.25, -0.2) is 0 Å². The van der Waals surface area contributed by atoms with E-state index in [-0.39, 0.29) is 24.6 Å². The minimum absolute atomic E-state index is 0.000132. The first-order valence-corrected chi connectivity index (χ1v) is 5.91. The van der Waals surface area contributed by atoms with Crippen LogP contribution in [0.4, 0.5) is 0 Å². The molecule has 1 N–H and O–H groups in total. The third kappa shape index (κ3) is 2.70. The highest BCUT2D eigenvalue weighted by Gasteiger charge is 2.32. The van der Waals surface area contributed by atoms with E-state index in [1.807, 2.05) is 6.08 Å². The molecule has 0 amide bonds. The largest absolute Gasteiger partial charge is 0.396 e. The van der Waals surface area contributed by atoms with Gasteiger partial charge in [0.1, 0.15) is 12.2 Å². The van der Waals surface area contributed by atoms with Crippen LogP contribution in [-0.4, -0.2) is 42.4 Å². The summed E-state index contributed by atoms with van der Waals surface area (Å²) >= 11 is 0. The molecule has 4 heteroatoms. The van der Waals surface area contributed by atoms with Gasteiger partial charge in [-0.05, 0) is 37.8 Å². The molecule has 90 valence electrons. The lowest BCUT2D eigenvalue weighted by atomic mass is 10.1. The van der Waals surface area contributed by atoms with Gasteiger partial charge in [0.25, 0.3) is 0 Å². The zero-order valence-corrected chi connectivity index (χ0v) is 9.30. The van der Waals surface area contributed by atoms with Crippen molar-refractivity contribution in [3.05, 3.63) is 12.2 Å². The second kappa shape index (κ2) is 5.57.